The van der Waals surface area contributed by atoms with Gasteiger partial charge in [0.1, 0.15) is 12.0 Å². The van der Waals surface area contributed by atoms with Crippen LogP contribution in [0.5, 0.6) is 0 Å². The molecule has 7 heteroatoms. The van der Waals surface area contributed by atoms with Gasteiger partial charge < -0.3 is 20.3 Å². The van der Waals surface area contributed by atoms with Crippen molar-refractivity contribution in [3.05, 3.63) is 0 Å². The summed E-state index contributed by atoms with van der Waals surface area (Å²) < 4.78 is 5.42. The Morgan fingerprint density at radius 3 is 2.29 bits per heavy atom. The van der Waals surface area contributed by atoms with E-state index >= 15 is 0 Å². The number of ether oxygens (including phenoxy) is 1. The summed E-state index contributed by atoms with van der Waals surface area (Å²) in [7, 11) is 0. The van der Waals surface area contributed by atoms with Crippen molar-refractivity contribution >= 4 is 17.9 Å². The molecule has 136 valence electrons. The molecule has 2 heterocycles. The van der Waals surface area contributed by atoms with Gasteiger partial charge in [-0.1, -0.05) is 0 Å². The first-order valence-corrected chi connectivity index (χ1v) is 8.57. The van der Waals surface area contributed by atoms with Gasteiger partial charge in [0.05, 0.1) is 0 Å². The van der Waals surface area contributed by atoms with Crippen LogP contribution < -0.4 is 5.73 Å². The molecule has 3 amide bonds. The Morgan fingerprint density at radius 2 is 1.79 bits per heavy atom. The molecular formula is C17H29N3O4. The number of primary amides is 1. The predicted octanol–water partition coefficient (Wildman–Crippen LogP) is 1.50. The number of hydrogen-bond donors (Lipinski definition) is 1. The highest BCUT2D eigenvalue weighted by atomic mass is 16.6. The molecule has 0 aromatic heterocycles. The molecule has 0 radical (unpaired) electrons. The number of nitrogens with two attached hydrogens (primary N) is 1. The van der Waals surface area contributed by atoms with Gasteiger partial charge >= 0.3 is 6.09 Å². The molecular weight excluding hydrogens is 310 g/mol. The molecule has 2 rings (SSSR count). The second-order valence-corrected chi connectivity index (χ2v) is 8.19. The minimum absolute atomic E-state index is 0.0330. The summed E-state index contributed by atoms with van der Waals surface area (Å²) in [6.07, 6.45) is 2.09. The number of amides is 3. The number of nitrogens with zero attached hydrogens (tertiary/aromatic N) is 2. The van der Waals surface area contributed by atoms with Gasteiger partial charge in [-0.2, -0.15) is 0 Å². The van der Waals surface area contributed by atoms with Crippen LogP contribution in [-0.4, -0.2) is 59.0 Å². The molecule has 2 aliphatic heterocycles. The fourth-order valence-electron chi connectivity index (χ4n) is 3.76. The van der Waals surface area contributed by atoms with Gasteiger partial charge in [0, 0.05) is 25.7 Å². The van der Waals surface area contributed by atoms with Gasteiger partial charge in [-0.3, -0.25) is 9.59 Å². The molecule has 2 N–H and O–H groups in total. The van der Waals surface area contributed by atoms with Gasteiger partial charge in [-0.15, -0.1) is 0 Å². The molecule has 0 aromatic rings. The van der Waals surface area contributed by atoms with Gasteiger partial charge in [0.2, 0.25) is 11.8 Å². The predicted molar refractivity (Wildman–Crippen MR) is 89.1 cm³/mol. The molecule has 2 fully saturated rings. The number of carbonyl (C=O) groups is 3. The molecule has 0 aliphatic carbocycles. The van der Waals surface area contributed by atoms with Gasteiger partial charge in [-0.25, -0.2) is 4.79 Å². The molecule has 1 unspecified atom stereocenters. The molecule has 7 nitrogen and oxygen atoms in total. The Labute approximate surface area is 143 Å². The van der Waals surface area contributed by atoms with E-state index < -0.39 is 11.5 Å². The molecule has 2 aliphatic rings. The molecule has 24 heavy (non-hydrogen) atoms. The van der Waals surface area contributed by atoms with Crippen molar-refractivity contribution in [3.8, 4) is 0 Å². The summed E-state index contributed by atoms with van der Waals surface area (Å²) in [4.78, 5) is 38.8. The summed E-state index contributed by atoms with van der Waals surface area (Å²) >= 11 is 0. The first kappa shape index (κ1) is 18.5. The van der Waals surface area contributed by atoms with Crippen molar-refractivity contribution in [2.75, 3.05) is 19.6 Å². The Bertz CT molecular complexity index is 518. The lowest BCUT2D eigenvalue weighted by atomic mass is 9.77. The molecule has 0 bridgehead atoms. The molecule has 0 saturated carbocycles. The van der Waals surface area contributed by atoms with Crippen molar-refractivity contribution in [1.29, 1.82) is 0 Å². The van der Waals surface area contributed by atoms with Crippen LogP contribution in [0, 0.1) is 5.41 Å². The Kier molecular flexibility index (Phi) is 5.11. The average Bonchev–Trinajstić information content (AvgIpc) is 2.73. The van der Waals surface area contributed by atoms with Gasteiger partial charge in [-0.05, 0) is 52.4 Å². The number of carbonyl (C=O) groups excluding carboxylic acids is 3. The summed E-state index contributed by atoms with van der Waals surface area (Å²) in [5.41, 5.74) is 4.67. The summed E-state index contributed by atoms with van der Waals surface area (Å²) in [6, 6.07) is 0.102. The third-order valence-electron chi connectivity index (χ3n) is 4.89. The topological polar surface area (TPSA) is 92.9 Å². The normalized spacial score (nSPS) is 23.4. The number of hydrogen-bond acceptors (Lipinski definition) is 4. The molecule has 0 aromatic carbocycles. The van der Waals surface area contributed by atoms with E-state index in [0.717, 1.165) is 19.3 Å². The van der Waals surface area contributed by atoms with Crippen LogP contribution in [0.4, 0.5) is 4.79 Å². The van der Waals surface area contributed by atoms with Crippen LogP contribution in [0.15, 0.2) is 0 Å². The number of rotatable bonds is 2. The lowest BCUT2D eigenvalue weighted by Crippen LogP contribution is -2.46. The zero-order chi connectivity index (χ0) is 18.1. The van der Waals surface area contributed by atoms with Crippen molar-refractivity contribution < 1.29 is 19.1 Å². The monoisotopic (exact) mass is 339 g/mol. The maximum atomic E-state index is 12.2. The smallest absolute Gasteiger partial charge is 0.410 e. The Morgan fingerprint density at radius 1 is 1.21 bits per heavy atom. The maximum Gasteiger partial charge on any atom is 0.410 e. The average molecular weight is 339 g/mol. The maximum absolute atomic E-state index is 12.2. The lowest BCUT2D eigenvalue weighted by molar-refractivity contribution is -0.135. The van der Waals surface area contributed by atoms with E-state index in [1.165, 1.54) is 0 Å². The lowest BCUT2D eigenvalue weighted by Gasteiger charge is -2.39. The Balaban J connectivity index is 1.93. The first-order chi connectivity index (χ1) is 11.0. The molecule has 2 saturated heterocycles. The van der Waals surface area contributed by atoms with Crippen LogP contribution in [0.3, 0.4) is 0 Å². The van der Waals surface area contributed by atoms with Crippen molar-refractivity contribution in [3.63, 3.8) is 0 Å². The highest BCUT2D eigenvalue weighted by Crippen LogP contribution is 2.43. The number of piperidine rings is 1. The zero-order valence-corrected chi connectivity index (χ0v) is 15.1. The molecule has 1 spiro atoms. The summed E-state index contributed by atoms with van der Waals surface area (Å²) in [5, 5.41) is 0. The van der Waals surface area contributed by atoms with E-state index in [2.05, 4.69) is 0 Å². The van der Waals surface area contributed by atoms with Crippen LogP contribution >= 0.6 is 0 Å². The fourth-order valence-corrected chi connectivity index (χ4v) is 3.76. The zero-order valence-electron chi connectivity index (χ0n) is 15.1. The minimum atomic E-state index is -0.590. The van der Waals surface area contributed by atoms with E-state index in [0.29, 0.717) is 19.6 Å². The number of likely N-dealkylation sites (tertiary alicyclic amines) is 2. The minimum Gasteiger partial charge on any atom is -0.444 e. The van der Waals surface area contributed by atoms with Crippen LogP contribution in [0.25, 0.3) is 0 Å². The van der Waals surface area contributed by atoms with E-state index in [4.69, 9.17) is 10.5 Å². The van der Waals surface area contributed by atoms with E-state index in [1.54, 1.807) is 9.80 Å². The van der Waals surface area contributed by atoms with Gasteiger partial charge in [0.15, 0.2) is 0 Å². The standard InChI is InChI=1S/C17H29N3O4/c1-12-10-17(11-20(12)14(22)9-13(18)21)5-7-19(8-6-17)15(23)24-16(2,3)4/h12H,5-11H2,1-4H3,(H2,18,21). The highest BCUT2D eigenvalue weighted by molar-refractivity contribution is 5.96. The van der Waals surface area contributed by atoms with Crippen molar-refractivity contribution in [2.45, 2.75) is 65.0 Å². The van der Waals surface area contributed by atoms with E-state index in [-0.39, 0.29) is 29.9 Å². The SMILES string of the molecule is CC1CC2(CCN(C(=O)OC(C)(C)C)CC2)CN1C(=O)CC(N)=O. The second-order valence-electron chi connectivity index (χ2n) is 8.19. The van der Waals surface area contributed by atoms with Crippen LogP contribution in [-0.2, 0) is 14.3 Å². The van der Waals surface area contributed by atoms with Crippen molar-refractivity contribution in [1.82, 2.24) is 9.80 Å². The third kappa shape index (κ3) is 4.39. The fraction of sp³-hybridized carbons (Fsp3) is 0.824. The summed E-state index contributed by atoms with van der Waals surface area (Å²) in [5.74, 6) is -0.783. The van der Waals surface area contributed by atoms with Gasteiger partial charge in [0.25, 0.3) is 0 Å². The second kappa shape index (κ2) is 6.61. The summed E-state index contributed by atoms with van der Waals surface area (Å²) in [6.45, 7) is 9.50. The quantitative estimate of drug-likeness (QED) is 0.772. The van der Waals surface area contributed by atoms with Crippen LogP contribution in [0.1, 0.15) is 53.4 Å². The first-order valence-electron chi connectivity index (χ1n) is 8.57. The van der Waals surface area contributed by atoms with Crippen LogP contribution in [0.2, 0.25) is 0 Å². The largest absolute Gasteiger partial charge is 0.444 e. The third-order valence-corrected chi connectivity index (χ3v) is 4.89. The van der Waals surface area contributed by atoms with E-state index in [9.17, 15) is 14.4 Å². The highest BCUT2D eigenvalue weighted by Gasteiger charge is 2.46. The molecule has 1 atom stereocenters. The van der Waals surface area contributed by atoms with Crippen molar-refractivity contribution in [2.24, 2.45) is 11.1 Å². The Hall–Kier alpha value is -1.79. The van der Waals surface area contributed by atoms with E-state index in [1.807, 2.05) is 27.7 Å².